The molecule has 0 radical (unpaired) electrons. The maximum Gasteiger partial charge on any atom is 0.101 e. The third-order valence-electron chi connectivity index (χ3n) is 9.63. The van der Waals surface area contributed by atoms with Gasteiger partial charge in [0.1, 0.15) is 6.07 Å². The van der Waals surface area contributed by atoms with E-state index in [9.17, 15) is 15.8 Å². The summed E-state index contributed by atoms with van der Waals surface area (Å²) in [5.74, 6) is 0. The second-order valence-corrected chi connectivity index (χ2v) is 12.3. The Kier molecular flexibility index (Phi) is 6.56. The van der Waals surface area contributed by atoms with Crippen molar-refractivity contribution in [2.24, 2.45) is 0 Å². The van der Waals surface area contributed by atoms with Crippen LogP contribution in [0.5, 0.6) is 0 Å². The molecule has 9 rings (SSSR count). The van der Waals surface area contributed by atoms with Crippen LogP contribution in [-0.4, -0.2) is 9.13 Å². The first-order valence-electron chi connectivity index (χ1n) is 16.3. The Morgan fingerprint density at radius 2 is 0.920 bits per heavy atom. The molecule has 9 aromatic rings. The van der Waals surface area contributed by atoms with E-state index in [0.717, 1.165) is 77.2 Å². The van der Waals surface area contributed by atoms with E-state index in [4.69, 9.17) is 0 Å². The molecule has 7 aromatic carbocycles. The summed E-state index contributed by atoms with van der Waals surface area (Å²) in [6, 6.07) is 57.7. The fraction of sp³-hybridized carbons (Fsp3) is 0. The molecule has 0 aliphatic carbocycles. The molecule has 2 aromatic heterocycles. The molecular formula is C45H25N5. The third-order valence-corrected chi connectivity index (χ3v) is 9.63. The number of rotatable bonds is 4. The average molecular weight is 636 g/mol. The lowest BCUT2D eigenvalue weighted by atomic mass is 9.94. The number of hydrogen-bond donors (Lipinski definition) is 0. The van der Waals surface area contributed by atoms with Gasteiger partial charge in [0.2, 0.25) is 0 Å². The Morgan fingerprint density at radius 3 is 1.58 bits per heavy atom. The first kappa shape index (κ1) is 28.8. The van der Waals surface area contributed by atoms with Crippen LogP contribution in [0.2, 0.25) is 0 Å². The van der Waals surface area contributed by atoms with Crippen LogP contribution in [0.1, 0.15) is 16.7 Å². The van der Waals surface area contributed by atoms with Crippen LogP contribution in [-0.2, 0) is 0 Å². The molecule has 230 valence electrons. The van der Waals surface area contributed by atoms with Gasteiger partial charge in [-0.15, -0.1) is 0 Å². The molecule has 0 N–H and O–H groups in total. The van der Waals surface area contributed by atoms with Gasteiger partial charge in [0.05, 0.1) is 62.3 Å². The number of nitriles is 3. The van der Waals surface area contributed by atoms with E-state index in [2.05, 4.69) is 88.0 Å². The summed E-state index contributed by atoms with van der Waals surface area (Å²) in [7, 11) is 0. The van der Waals surface area contributed by atoms with E-state index in [1.54, 1.807) is 0 Å². The van der Waals surface area contributed by atoms with Gasteiger partial charge in [0.15, 0.2) is 0 Å². The van der Waals surface area contributed by atoms with E-state index in [1.165, 1.54) is 0 Å². The van der Waals surface area contributed by atoms with Crippen LogP contribution >= 0.6 is 0 Å². The van der Waals surface area contributed by atoms with Gasteiger partial charge < -0.3 is 9.13 Å². The Morgan fingerprint density at radius 1 is 0.360 bits per heavy atom. The molecule has 2 heterocycles. The van der Waals surface area contributed by atoms with Gasteiger partial charge in [0, 0.05) is 27.1 Å². The van der Waals surface area contributed by atoms with Gasteiger partial charge in [-0.2, -0.15) is 15.8 Å². The molecule has 0 fully saturated rings. The first-order valence-corrected chi connectivity index (χ1v) is 16.3. The highest BCUT2D eigenvalue weighted by molar-refractivity contribution is 6.11. The fourth-order valence-electron chi connectivity index (χ4n) is 7.45. The molecular weight excluding hydrogens is 611 g/mol. The minimum absolute atomic E-state index is 0.560. The van der Waals surface area contributed by atoms with E-state index < -0.39 is 0 Å². The quantitative estimate of drug-likeness (QED) is 0.193. The Hall–Kier alpha value is -7.39. The number of para-hydroxylation sites is 3. The zero-order valence-electron chi connectivity index (χ0n) is 26.7. The second kappa shape index (κ2) is 11.4. The highest BCUT2D eigenvalue weighted by Gasteiger charge is 2.20. The van der Waals surface area contributed by atoms with Crippen LogP contribution in [0.3, 0.4) is 0 Å². The van der Waals surface area contributed by atoms with Gasteiger partial charge >= 0.3 is 0 Å². The molecule has 50 heavy (non-hydrogen) atoms. The third kappa shape index (κ3) is 4.31. The molecule has 0 amide bonds. The molecule has 0 aliphatic heterocycles. The normalized spacial score (nSPS) is 11.1. The minimum atomic E-state index is 0.560. The molecule has 5 heteroatoms. The first-order chi connectivity index (χ1) is 24.7. The second-order valence-electron chi connectivity index (χ2n) is 12.3. The highest BCUT2D eigenvalue weighted by atomic mass is 15.0. The summed E-state index contributed by atoms with van der Waals surface area (Å²) < 4.78 is 4.37. The van der Waals surface area contributed by atoms with Crippen molar-refractivity contribution in [2.75, 3.05) is 0 Å². The summed E-state index contributed by atoms with van der Waals surface area (Å²) in [5, 5.41) is 34.6. The van der Waals surface area contributed by atoms with Crippen molar-refractivity contribution >= 4 is 43.6 Å². The van der Waals surface area contributed by atoms with Crippen molar-refractivity contribution in [1.82, 2.24) is 9.13 Å². The molecule has 0 saturated carbocycles. The number of aromatic nitrogens is 2. The number of benzene rings is 7. The van der Waals surface area contributed by atoms with Crippen LogP contribution in [0, 0.1) is 34.0 Å². The van der Waals surface area contributed by atoms with Gasteiger partial charge in [0.25, 0.3) is 0 Å². The Labute approximate surface area is 287 Å². The minimum Gasteiger partial charge on any atom is -0.309 e. The topological polar surface area (TPSA) is 81.2 Å². The molecule has 0 spiro atoms. The lowest BCUT2D eigenvalue weighted by Crippen LogP contribution is -2.00. The van der Waals surface area contributed by atoms with Gasteiger partial charge in [-0.3, -0.25) is 0 Å². The molecule has 0 bridgehead atoms. The number of nitrogens with zero attached hydrogens (tertiary/aromatic N) is 5. The van der Waals surface area contributed by atoms with Crippen LogP contribution in [0.4, 0.5) is 0 Å². The van der Waals surface area contributed by atoms with Gasteiger partial charge in [-0.25, -0.2) is 0 Å². The molecule has 0 saturated heterocycles. The van der Waals surface area contributed by atoms with E-state index in [0.29, 0.717) is 16.7 Å². The lowest BCUT2D eigenvalue weighted by molar-refractivity contribution is 1.17. The predicted octanol–water partition coefficient (Wildman–Crippen LogP) is 10.8. The van der Waals surface area contributed by atoms with Crippen molar-refractivity contribution < 1.29 is 0 Å². The monoisotopic (exact) mass is 635 g/mol. The van der Waals surface area contributed by atoms with E-state index in [1.807, 2.05) is 91.0 Å². The van der Waals surface area contributed by atoms with Crippen LogP contribution in [0.15, 0.2) is 152 Å². The maximum atomic E-state index is 10.4. The zero-order valence-corrected chi connectivity index (χ0v) is 26.7. The summed E-state index contributed by atoms with van der Waals surface area (Å²) >= 11 is 0. The maximum absolute atomic E-state index is 10.4. The predicted molar refractivity (Wildman–Crippen MR) is 200 cm³/mol. The van der Waals surface area contributed by atoms with Gasteiger partial charge in [-0.05, 0) is 83.4 Å². The highest BCUT2D eigenvalue weighted by Crippen LogP contribution is 2.40. The number of fused-ring (bicyclic) bond motifs is 6. The van der Waals surface area contributed by atoms with E-state index >= 15 is 0 Å². The van der Waals surface area contributed by atoms with Crippen molar-refractivity contribution in [1.29, 1.82) is 15.8 Å². The SMILES string of the molecule is N#Cc1ccc2c(c1)c1ccccc1n2-c1cccc(C#N)c1-c1cccc(-c2ccc(C#N)c(-n3c4ccccc4c4ccccc43)c2)c1. The Balaban J connectivity index is 1.26. The molecule has 0 aliphatic rings. The standard InChI is InChI=1S/C45H25N5/c46-26-29-19-22-42-38(23-29)37-14-3-6-17-41(37)49(42)43-18-8-11-34(28-48)45(43)32-10-7-9-30(24-32)31-20-21-33(27-47)44(25-31)50-39-15-4-1-12-35(39)36-13-2-5-16-40(36)50/h1-25H. The Bertz CT molecular complexity index is 2920. The van der Waals surface area contributed by atoms with E-state index in [-0.39, 0.29) is 0 Å². The van der Waals surface area contributed by atoms with Crippen molar-refractivity contribution in [2.45, 2.75) is 0 Å². The van der Waals surface area contributed by atoms with Crippen LogP contribution < -0.4 is 0 Å². The largest absolute Gasteiger partial charge is 0.309 e. The lowest BCUT2D eigenvalue weighted by Gasteiger charge is -2.17. The molecule has 5 nitrogen and oxygen atoms in total. The summed E-state index contributed by atoms with van der Waals surface area (Å²) in [4.78, 5) is 0. The smallest absolute Gasteiger partial charge is 0.101 e. The van der Waals surface area contributed by atoms with Crippen molar-refractivity contribution in [3.8, 4) is 51.8 Å². The summed E-state index contributed by atoms with van der Waals surface area (Å²) in [6.07, 6.45) is 0. The molecule has 0 unspecified atom stereocenters. The molecule has 0 atom stereocenters. The summed E-state index contributed by atoms with van der Waals surface area (Å²) in [6.45, 7) is 0. The zero-order chi connectivity index (χ0) is 33.8. The van der Waals surface area contributed by atoms with Gasteiger partial charge in [-0.1, -0.05) is 84.9 Å². The van der Waals surface area contributed by atoms with Crippen molar-refractivity contribution in [3.63, 3.8) is 0 Å². The number of hydrogen-bond acceptors (Lipinski definition) is 3. The van der Waals surface area contributed by atoms with Crippen molar-refractivity contribution in [3.05, 3.63) is 168 Å². The van der Waals surface area contributed by atoms with Crippen LogP contribution in [0.25, 0.3) is 77.2 Å². The average Bonchev–Trinajstić information content (AvgIpc) is 3.70. The fourth-order valence-corrected chi connectivity index (χ4v) is 7.45. The summed E-state index contributed by atoms with van der Waals surface area (Å²) in [5.41, 5.74) is 11.1.